The molecule has 1 aliphatic rings. The summed E-state index contributed by atoms with van der Waals surface area (Å²) in [5, 5.41) is 6.13. The van der Waals surface area contributed by atoms with Crippen LogP contribution < -0.4 is 10.6 Å². The molecule has 0 aromatic heterocycles. The molecule has 1 aromatic carbocycles. The monoisotopic (exact) mass is 312 g/mol. The number of rotatable bonds is 3. The van der Waals surface area contributed by atoms with Crippen molar-refractivity contribution < 1.29 is 9.53 Å². The molecule has 2 N–H and O–H groups in total. The smallest absolute Gasteiger partial charge is 0.240 e. The zero-order valence-electron chi connectivity index (χ0n) is 10.3. The molecule has 1 fully saturated rings. The first kappa shape index (κ1) is 13.5. The van der Waals surface area contributed by atoms with Crippen LogP contribution in [-0.2, 0) is 9.53 Å². The van der Waals surface area contributed by atoms with Gasteiger partial charge in [0.05, 0.1) is 19.3 Å². The topological polar surface area (TPSA) is 50.4 Å². The second kappa shape index (κ2) is 6.31. The largest absolute Gasteiger partial charge is 0.378 e. The van der Waals surface area contributed by atoms with Gasteiger partial charge in [-0.3, -0.25) is 4.79 Å². The molecule has 1 heterocycles. The molecule has 5 heteroatoms. The molecule has 1 aromatic rings. The van der Waals surface area contributed by atoms with E-state index in [1.54, 1.807) is 0 Å². The second-order valence-corrected chi connectivity index (χ2v) is 5.28. The summed E-state index contributed by atoms with van der Waals surface area (Å²) in [7, 11) is 0. The number of amides is 1. The molecule has 0 bridgehead atoms. The summed E-state index contributed by atoms with van der Waals surface area (Å²) >= 11 is 3.43. The SMILES string of the molecule is C[C@@H](NC(=O)C1COCCN1)c1cccc(Br)c1. The number of benzene rings is 1. The van der Waals surface area contributed by atoms with Gasteiger partial charge in [-0.05, 0) is 24.6 Å². The van der Waals surface area contributed by atoms with Crippen molar-refractivity contribution in [2.45, 2.75) is 19.0 Å². The zero-order valence-corrected chi connectivity index (χ0v) is 11.9. The van der Waals surface area contributed by atoms with Crippen LogP contribution in [0.2, 0.25) is 0 Å². The zero-order chi connectivity index (χ0) is 13.0. The lowest BCUT2D eigenvalue weighted by Gasteiger charge is -2.25. The quantitative estimate of drug-likeness (QED) is 0.891. The Morgan fingerprint density at radius 1 is 1.61 bits per heavy atom. The summed E-state index contributed by atoms with van der Waals surface area (Å²) in [5.41, 5.74) is 1.08. The van der Waals surface area contributed by atoms with E-state index in [4.69, 9.17) is 4.74 Å². The van der Waals surface area contributed by atoms with Crippen molar-refractivity contribution in [3.8, 4) is 0 Å². The van der Waals surface area contributed by atoms with Gasteiger partial charge in [-0.15, -0.1) is 0 Å². The first-order chi connectivity index (χ1) is 8.66. The summed E-state index contributed by atoms with van der Waals surface area (Å²) in [6, 6.07) is 7.68. The molecule has 0 radical (unpaired) electrons. The molecule has 0 aliphatic carbocycles. The van der Waals surface area contributed by atoms with E-state index >= 15 is 0 Å². The van der Waals surface area contributed by atoms with Crippen LogP contribution >= 0.6 is 15.9 Å². The lowest BCUT2D eigenvalue weighted by Crippen LogP contribution is -2.51. The Kier molecular flexibility index (Phi) is 4.74. The number of ether oxygens (including phenoxy) is 1. The van der Waals surface area contributed by atoms with Gasteiger partial charge < -0.3 is 15.4 Å². The Balaban J connectivity index is 1.94. The minimum absolute atomic E-state index is 0.0119. The van der Waals surface area contributed by atoms with Gasteiger partial charge in [-0.1, -0.05) is 28.1 Å². The van der Waals surface area contributed by atoms with Gasteiger partial charge in [0.15, 0.2) is 0 Å². The van der Waals surface area contributed by atoms with E-state index < -0.39 is 0 Å². The first-order valence-electron chi connectivity index (χ1n) is 6.04. The van der Waals surface area contributed by atoms with Crippen molar-refractivity contribution in [3.05, 3.63) is 34.3 Å². The molecule has 98 valence electrons. The minimum Gasteiger partial charge on any atom is -0.378 e. The van der Waals surface area contributed by atoms with E-state index in [-0.39, 0.29) is 18.0 Å². The molecule has 1 aliphatic heterocycles. The standard InChI is InChI=1S/C13H17BrN2O2/c1-9(10-3-2-4-11(14)7-10)16-13(17)12-8-18-6-5-15-12/h2-4,7,9,12,15H,5-6,8H2,1H3,(H,16,17)/t9-,12?/m1/s1. The third-order valence-corrected chi connectivity index (χ3v) is 3.44. The first-order valence-corrected chi connectivity index (χ1v) is 6.83. The highest BCUT2D eigenvalue weighted by Crippen LogP contribution is 2.17. The van der Waals surface area contributed by atoms with Gasteiger partial charge in [0.1, 0.15) is 6.04 Å². The fourth-order valence-corrected chi connectivity index (χ4v) is 2.32. The average molecular weight is 313 g/mol. The van der Waals surface area contributed by atoms with Crippen LogP contribution in [0.4, 0.5) is 0 Å². The predicted octanol–water partition coefficient (Wildman–Crippen LogP) is 1.61. The van der Waals surface area contributed by atoms with Crippen LogP contribution in [-0.4, -0.2) is 31.7 Å². The number of halogens is 1. The Bertz CT molecular complexity index is 419. The molecule has 1 saturated heterocycles. The maximum absolute atomic E-state index is 12.0. The van der Waals surface area contributed by atoms with E-state index in [0.29, 0.717) is 13.2 Å². The predicted molar refractivity (Wildman–Crippen MR) is 73.3 cm³/mol. The summed E-state index contributed by atoms with van der Waals surface area (Å²) in [6.07, 6.45) is 0. The van der Waals surface area contributed by atoms with Gasteiger partial charge in [0.2, 0.25) is 5.91 Å². The van der Waals surface area contributed by atoms with Gasteiger partial charge >= 0.3 is 0 Å². The number of hydrogen-bond acceptors (Lipinski definition) is 3. The van der Waals surface area contributed by atoms with Gasteiger partial charge in [0, 0.05) is 11.0 Å². The Labute approximate surface area is 115 Å². The fraction of sp³-hybridized carbons (Fsp3) is 0.462. The van der Waals surface area contributed by atoms with Crippen LogP contribution in [0.15, 0.2) is 28.7 Å². The Morgan fingerprint density at radius 3 is 3.11 bits per heavy atom. The maximum Gasteiger partial charge on any atom is 0.240 e. The van der Waals surface area contributed by atoms with Crippen LogP contribution in [0, 0.1) is 0 Å². The molecule has 4 nitrogen and oxygen atoms in total. The summed E-state index contributed by atoms with van der Waals surface area (Å²) in [4.78, 5) is 12.0. The lowest BCUT2D eigenvalue weighted by atomic mass is 10.1. The summed E-state index contributed by atoms with van der Waals surface area (Å²) in [5.74, 6) is -0.0119. The van der Waals surface area contributed by atoms with E-state index in [2.05, 4.69) is 26.6 Å². The Hall–Kier alpha value is -0.910. The average Bonchev–Trinajstić information content (AvgIpc) is 2.39. The van der Waals surface area contributed by atoms with Crippen molar-refractivity contribution in [2.75, 3.05) is 19.8 Å². The van der Waals surface area contributed by atoms with Crippen LogP contribution in [0.3, 0.4) is 0 Å². The van der Waals surface area contributed by atoms with Gasteiger partial charge in [0.25, 0.3) is 0 Å². The molecule has 2 rings (SSSR count). The number of morpholine rings is 1. The number of carbonyl (C=O) groups excluding carboxylic acids is 1. The number of nitrogens with one attached hydrogen (secondary N) is 2. The van der Waals surface area contributed by atoms with Crippen LogP contribution in [0.1, 0.15) is 18.5 Å². The summed E-state index contributed by atoms with van der Waals surface area (Å²) in [6.45, 7) is 3.81. The van der Waals surface area contributed by atoms with E-state index in [9.17, 15) is 4.79 Å². The molecule has 0 spiro atoms. The van der Waals surface area contributed by atoms with Crippen molar-refractivity contribution in [2.24, 2.45) is 0 Å². The molecule has 1 unspecified atom stereocenters. The minimum atomic E-state index is -0.242. The molecule has 0 saturated carbocycles. The van der Waals surface area contributed by atoms with Crippen molar-refractivity contribution in [3.63, 3.8) is 0 Å². The normalized spacial score (nSPS) is 21.3. The van der Waals surface area contributed by atoms with Crippen molar-refractivity contribution >= 4 is 21.8 Å². The Morgan fingerprint density at radius 2 is 2.44 bits per heavy atom. The van der Waals surface area contributed by atoms with Crippen LogP contribution in [0.5, 0.6) is 0 Å². The second-order valence-electron chi connectivity index (χ2n) is 4.37. The van der Waals surface area contributed by atoms with E-state index in [0.717, 1.165) is 16.6 Å². The van der Waals surface area contributed by atoms with E-state index in [1.165, 1.54) is 0 Å². The maximum atomic E-state index is 12.0. The highest BCUT2D eigenvalue weighted by Gasteiger charge is 2.22. The van der Waals surface area contributed by atoms with Crippen LogP contribution in [0.25, 0.3) is 0 Å². The third-order valence-electron chi connectivity index (χ3n) is 2.95. The number of hydrogen-bond donors (Lipinski definition) is 2. The summed E-state index contributed by atoms with van der Waals surface area (Å²) < 4.78 is 6.29. The van der Waals surface area contributed by atoms with Crippen molar-refractivity contribution in [1.82, 2.24) is 10.6 Å². The fourth-order valence-electron chi connectivity index (χ4n) is 1.91. The molecule has 1 amide bonds. The number of carbonyl (C=O) groups is 1. The van der Waals surface area contributed by atoms with Gasteiger partial charge in [-0.2, -0.15) is 0 Å². The third kappa shape index (κ3) is 3.54. The van der Waals surface area contributed by atoms with Gasteiger partial charge in [-0.25, -0.2) is 0 Å². The highest BCUT2D eigenvalue weighted by molar-refractivity contribution is 9.10. The molecular formula is C13H17BrN2O2. The van der Waals surface area contributed by atoms with Crippen molar-refractivity contribution in [1.29, 1.82) is 0 Å². The molecule has 2 atom stereocenters. The lowest BCUT2D eigenvalue weighted by molar-refractivity contribution is -0.126. The highest BCUT2D eigenvalue weighted by atomic mass is 79.9. The molecule has 18 heavy (non-hydrogen) atoms. The molecular weight excluding hydrogens is 296 g/mol. The van der Waals surface area contributed by atoms with E-state index in [1.807, 2.05) is 31.2 Å².